The molecule has 0 aliphatic carbocycles. The SMILES string of the molecule is CNc1ccccc1C(=O)NC(C)c1ccc(C)o1. The van der Waals surface area contributed by atoms with E-state index in [1.807, 2.05) is 44.2 Å². The van der Waals surface area contributed by atoms with E-state index in [9.17, 15) is 4.79 Å². The summed E-state index contributed by atoms with van der Waals surface area (Å²) in [6.45, 7) is 3.78. The minimum absolute atomic E-state index is 0.119. The molecule has 1 aromatic heterocycles. The van der Waals surface area contributed by atoms with Gasteiger partial charge in [-0.1, -0.05) is 12.1 Å². The highest BCUT2D eigenvalue weighted by Gasteiger charge is 2.15. The normalized spacial score (nSPS) is 11.9. The van der Waals surface area contributed by atoms with Crippen LogP contribution in [-0.2, 0) is 0 Å². The van der Waals surface area contributed by atoms with Crippen LogP contribution in [0.5, 0.6) is 0 Å². The Balaban J connectivity index is 2.12. The maximum atomic E-state index is 12.2. The zero-order valence-electron chi connectivity index (χ0n) is 11.4. The molecular weight excluding hydrogens is 240 g/mol. The molecule has 4 nitrogen and oxygen atoms in total. The molecule has 1 unspecified atom stereocenters. The third kappa shape index (κ3) is 2.96. The van der Waals surface area contributed by atoms with Crippen LogP contribution in [0.1, 0.15) is 34.8 Å². The fourth-order valence-electron chi connectivity index (χ4n) is 1.93. The van der Waals surface area contributed by atoms with Crippen LogP contribution in [0.25, 0.3) is 0 Å². The second-order valence-corrected chi connectivity index (χ2v) is 4.44. The molecule has 0 saturated heterocycles. The lowest BCUT2D eigenvalue weighted by atomic mass is 10.1. The monoisotopic (exact) mass is 258 g/mol. The molecule has 0 bridgehead atoms. The molecule has 0 aliphatic rings. The van der Waals surface area contributed by atoms with Gasteiger partial charge in [-0.15, -0.1) is 0 Å². The third-order valence-corrected chi connectivity index (χ3v) is 2.98. The Kier molecular flexibility index (Phi) is 3.90. The van der Waals surface area contributed by atoms with Gasteiger partial charge >= 0.3 is 0 Å². The van der Waals surface area contributed by atoms with Gasteiger partial charge in [0, 0.05) is 12.7 Å². The highest BCUT2D eigenvalue weighted by molar-refractivity contribution is 5.99. The van der Waals surface area contributed by atoms with Gasteiger partial charge in [-0.2, -0.15) is 0 Å². The lowest BCUT2D eigenvalue weighted by Gasteiger charge is -2.13. The van der Waals surface area contributed by atoms with Gasteiger partial charge in [0.15, 0.2) is 0 Å². The molecule has 2 rings (SSSR count). The smallest absolute Gasteiger partial charge is 0.253 e. The molecule has 2 aromatic rings. The second-order valence-electron chi connectivity index (χ2n) is 4.44. The van der Waals surface area contributed by atoms with Crippen molar-refractivity contribution in [1.29, 1.82) is 0 Å². The van der Waals surface area contributed by atoms with E-state index in [0.29, 0.717) is 5.56 Å². The molecule has 100 valence electrons. The number of hydrogen-bond acceptors (Lipinski definition) is 3. The van der Waals surface area contributed by atoms with E-state index in [4.69, 9.17) is 4.42 Å². The van der Waals surface area contributed by atoms with Crippen LogP contribution in [0.2, 0.25) is 0 Å². The summed E-state index contributed by atoms with van der Waals surface area (Å²) in [6.07, 6.45) is 0. The Morgan fingerprint density at radius 3 is 2.58 bits per heavy atom. The number of rotatable bonds is 4. The van der Waals surface area contributed by atoms with Crippen LogP contribution in [-0.4, -0.2) is 13.0 Å². The standard InChI is InChI=1S/C15H18N2O2/c1-10-8-9-14(19-10)11(2)17-15(18)12-6-4-5-7-13(12)16-3/h4-9,11,16H,1-3H3,(H,17,18). The van der Waals surface area contributed by atoms with Crippen LogP contribution < -0.4 is 10.6 Å². The average Bonchev–Trinajstić information content (AvgIpc) is 2.85. The summed E-state index contributed by atoms with van der Waals surface area (Å²) in [5, 5.41) is 5.94. The molecule has 1 aromatic carbocycles. The van der Waals surface area contributed by atoms with E-state index in [0.717, 1.165) is 17.2 Å². The number of aryl methyl sites for hydroxylation is 1. The summed E-state index contributed by atoms with van der Waals surface area (Å²) < 4.78 is 5.51. The van der Waals surface area contributed by atoms with E-state index in [1.165, 1.54) is 0 Å². The minimum Gasteiger partial charge on any atom is -0.464 e. The van der Waals surface area contributed by atoms with Gasteiger partial charge in [0.2, 0.25) is 0 Å². The molecule has 0 spiro atoms. The van der Waals surface area contributed by atoms with Crippen molar-refractivity contribution in [2.24, 2.45) is 0 Å². The molecule has 1 atom stereocenters. The van der Waals surface area contributed by atoms with Crippen molar-refractivity contribution in [3.05, 3.63) is 53.5 Å². The van der Waals surface area contributed by atoms with Gasteiger partial charge in [-0.3, -0.25) is 4.79 Å². The number of amides is 1. The van der Waals surface area contributed by atoms with E-state index in [1.54, 1.807) is 13.1 Å². The summed E-state index contributed by atoms with van der Waals surface area (Å²) in [7, 11) is 1.80. The fraction of sp³-hybridized carbons (Fsp3) is 0.267. The first-order chi connectivity index (χ1) is 9.11. The highest BCUT2D eigenvalue weighted by atomic mass is 16.3. The van der Waals surface area contributed by atoms with Crippen LogP contribution in [0.3, 0.4) is 0 Å². The Morgan fingerprint density at radius 1 is 1.21 bits per heavy atom. The average molecular weight is 258 g/mol. The summed E-state index contributed by atoms with van der Waals surface area (Å²) in [6, 6.07) is 11.0. The predicted molar refractivity (Wildman–Crippen MR) is 75.3 cm³/mol. The molecule has 1 amide bonds. The number of carbonyl (C=O) groups is 1. The zero-order valence-corrected chi connectivity index (χ0v) is 11.4. The summed E-state index contributed by atoms with van der Waals surface area (Å²) in [4.78, 5) is 12.2. The number of hydrogen-bond donors (Lipinski definition) is 2. The van der Waals surface area contributed by atoms with Crippen molar-refractivity contribution >= 4 is 11.6 Å². The molecule has 0 fully saturated rings. The van der Waals surface area contributed by atoms with Gasteiger partial charge in [0.1, 0.15) is 11.5 Å². The summed E-state index contributed by atoms with van der Waals surface area (Å²) in [5.41, 5.74) is 1.43. The van der Waals surface area contributed by atoms with Gasteiger partial charge < -0.3 is 15.1 Å². The largest absolute Gasteiger partial charge is 0.464 e. The highest BCUT2D eigenvalue weighted by Crippen LogP contribution is 2.18. The summed E-state index contributed by atoms with van der Waals surface area (Å²) >= 11 is 0. The van der Waals surface area contributed by atoms with Crippen molar-refractivity contribution in [3.63, 3.8) is 0 Å². The third-order valence-electron chi connectivity index (χ3n) is 2.98. The molecular formula is C15H18N2O2. The Morgan fingerprint density at radius 2 is 1.95 bits per heavy atom. The number of benzene rings is 1. The Bertz CT molecular complexity index is 575. The van der Waals surface area contributed by atoms with E-state index in [-0.39, 0.29) is 11.9 Å². The van der Waals surface area contributed by atoms with Crippen LogP contribution in [0, 0.1) is 6.92 Å². The lowest BCUT2D eigenvalue weighted by Crippen LogP contribution is -2.27. The van der Waals surface area contributed by atoms with Gasteiger partial charge in [0.25, 0.3) is 5.91 Å². The number of carbonyl (C=O) groups excluding carboxylic acids is 1. The number of nitrogens with one attached hydrogen (secondary N) is 2. The van der Waals surface area contributed by atoms with Crippen molar-refractivity contribution in [2.75, 3.05) is 12.4 Å². The van der Waals surface area contributed by atoms with Crippen molar-refractivity contribution in [3.8, 4) is 0 Å². The van der Waals surface area contributed by atoms with Crippen LogP contribution in [0.15, 0.2) is 40.8 Å². The number of anilines is 1. The fourth-order valence-corrected chi connectivity index (χ4v) is 1.93. The van der Waals surface area contributed by atoms with Gasteiger partial charge in [-0.25, -0.2) is 0 Å². The molecule has 2 N–H and O–H groups in total. The molecule has 1 heterocycles. The minimum atomic E-state index is -0.161. The topological polar surface area (TPSA) is 54.3 Å². The molecule has 0 saturated carbocycles. The molecule has 0 aliphatic heterocycles. The first kappa shape index (κ1) is 13.2. The zero-order chi connectivity index (χ0) is 13.8. The second kappa shape index (κ2) is 5.61. The van der Waals surface area contributed by atoms with Crippen molar-refractivity contribution in [1.82, 2.24) is 5.32 Å². The Hall–Kier alpha value is -2.23. The van der Waals surface area contributed by atoms with E-state index >= 15 is 0 Å². The predicted octanol–water partition coefficient (Wildman–Crippen LogP) is 3.12. The van der Waals surface area contributed by atoms with Crippen molar-refractivity contribution < 1.29 is 9.21 Å². The summed E-state index contributed by atoms with van der Waals surface area (Å²) in [5.74, 6) is 1.48. The Labute approximate surface area is 112 Å². The molecule has 0 radical (unpaired) electrons. The van der Waals surface area contributed by atoms with E-state index in [2.05, 4.69) is 10.6 Å². The van der Waals surface area contributed by atoms with Crippen molar-refractivity contribution in [2.45, 2.75) is 19.9 Å². The first-order valence-corrected chi connectivity index (χ1v) is 6.26. The van der Waals surface area contributed by atoms with E-state index < -0.39 is 0 Å². The lowest BCUT2D eigenvalue weighted by molar-refractivity contribution is 0.0936. The van der Waals surface area contributed by atoms with Gasteiger partial charge in [-0.05, 0) is 38.1 Å². The molecule has 4 heteroatoms. The van der Waals surface area contributed by atoms with Gasteiger partial charge in [0.05, 0.1) is 11.6 Å². The maximum Gasteiger partial charge on any atom is 0.253 e. The quantitative estimate of drug-likeness (QED) is 0.886. The number of furan rings is 1. The number of para-hydroxylation sites is 1. The molecule has 19 heavy (non-hydrogen) atoms. The van der Waals surface area contributed by atoms with Crippen LogP contribution >= 0.6 is 0 Å². The maximum absolute atomic E-state index is 12.2. The van der Waals surface area contributed by atoms with Crippen LogP contribution in [0.4, 0.5) is 5.69 Å². The first-order valence-electron chi connectivity index (χ1n) is 6.26.